The first-order valence-corrected chi connectivity index (χ1v) is 7.22. The van der Waals surface area contributed by atoms with Crippen LogP contribution >= 0.6 is 0 Å². The molecule has 94 valence electrons. The van der Waals surface area contributed by atoms with Gasteiger partial charge in [-0.05, 0) is 56.3 Å². The fourth-order valence-electron chi connectivity index (χ4n) is 4.94. The van der Waals surface area contributed by atoms with Crippen molar-refractivity contribution in [3.05, 3.63) is 0 Å². The van der Waals surface area contributed by atoms with Gasteiger partial charge in [0, 0.05) is 6.04 Å². The van der Waals surface area contributed by atoms with Crippen LogP contribution in [0.15, 0.2) is 0 Å². The minimum absolute atomic E-state index is 0.282. The van der Waals surface area contributed by atoms with Gasteiger partial charge in [0.2, 0.25) is 5.91 Å². The number of carbonyl (C=O) groups excluding carboxylic acids is 1. The van der Waals surface area contributed by atoms with Crippen LogP contribution in [0.1, 0.15) is 39.5 Å². The van der Waals surface area contributed by atoms with E-state index in [1.165, 1.54) is 19.3 Å². The van der Waals surface area contributed by atoms with Crippen molar-refractivity contribution in [2.24, 2.45) is 23.7 Å². The van der Waals surface area contributed by atoms with Crippen LogP contribution in [0.2, 0.25) is 0 Å². The topological polar surface area (TPSA) is 32.3 Å². The highest BCUT2D eigenvalue weighted by Gasteiger charge is 2.68. The number of hydrogen-bond acceptors (Lipinski definition) is 2. The molecule has 3 nitrogen and oxygen atoms in total. The van der Waals surface area contributed by atoms with E-state index in [4.69, 9.17) is 0 Å². The summed E-state index contributed by atoms with van der Waals surface area (Å²) in [5.74, 6) is 4.02. The van der Waals surface area contributed by atoms with Crippen LogP contribution in [0.4, 0.5) is 0 Å². The normalized spacial score (nSPS) is 55.5. The molecule has 1 N–H and O–H groups in total. The molecule has 17 heavy (non-hydrogen) atoms. The summed E-state index contributed by atoms with van der Waals surface area (Å²) in [5.41, 5.74) is -0.282. The highest BCUT2D eigenvalue weighted by atomic mass is 16.2. The summed E-state index contributed by atoms with van der Waals surface area (Å²) in [4.78, 5) is 14.6. The zero-order valence-corrected chi connectivity index (χ0v) is 10.8. The number of carbonyl (C=O) groups is 1. The molecule has 0 aromatic carbocycles. The number of nitrogens with zero attached hydrogens (tertiary/aromatic N) is 1. The lowest BCUT2D eigenvalue weighted by Gasteiger charge is -2.23. The second-order valence-corrected chi connectivity index (χ2v) is 6.77. The second-order valence-electron chi connectivity index (χ2n) is 6.77. The van der Waals surface area contributed by atoms with Crippen molar-refractivity contribution in [2.45, 2.75) is 51.1 Å². The fourth-order valence-corrected chi connectivity index (χ4v) is 4.94. The Balaban J connectivity index is 1.54. The lowest BCUT2D eigenvalue weighted by molar-refractivity contribution is -0.133. The molecular formula is C14H22N2O. The minimum Gasteiger partial charge on any atom is -0.325 e. The van der Waals surface area contributed by atoms with Gasteiger partial charge in [0.05, 0.1) is 12.2 Å². The Bertz CT molecular complexity index is 366. The molecule has 0 aromatic rings. The monoisotopic (exact) mass is 234 g/mol. The molecule has 0 aromatic heterocycles. The van der Waals surface area contributed by atoms with Gasteiger partial charge in [-0.1, -0.05) is 6.92 Å². The summed E-state index contributed by atoms with van der Waals surface area (Å²) >= 11 is 0. The van der Waals surface area contributed by atoms with Gasteiger partial charge in [-0.2, -0.15) is 0 Å². The van der Waals surface area contributed by atoms with Crippen molar-refractivity contribution >= 4 is 5.91 Å². The largest absolute Gasteiger partial charge is 0.325 e. The highest BCUT2D eigenvalue weighted by molar-refractivity contribution is 5.88. The van der Waals surface area contributed by atoms with E-state index < -0.39 is 0 Å². The average Bonchev–Trinajstić information content (AvgIpc) is 2.68. The van der Waals surface area contributed by atoms with E-state index in [1.807, 2.05) is 0 Å². The van der Waals surface area contributed by atoms with Gasteiger partial charge in [-0.15, -0.1) is 0 Å². The Hall–Kier alpha value is -0.570. The quantitative estimate of drug-likeness (QED) is 0.787. The van der Waals surface area contributed by atoms with Crippen LogP contribution in [0.3, 0.4) is 0 Å². The SMILES string of the molecule is CCC1(C)NCN(C2C3C4CCC(C4)C32)C1=O. The first kappa shape index (κ1) is 10.4. The number of fused-ring (bicyclic) bond motifs is 5. The third-order valence-corrected chi connectivity index (χ3v) is 6.13. The fraction of sp³-hybridized carbons (Fsp3) is 0.929. The molecule has 0 radical (unpaired) electrons. The Labute approximate surface area is 103 Å². The molecule has 1 heterocycles. The molecule has 3 heteroatoms. The van der Waals surface area contributed by atoms with Crippen LogP contribution in [0.25, 0.3) is 0 Å². The summed E-state index contributed by atoms with van der Waals surface area (Å²) in [6.45, 7) is 4.95. The molecule has 2 bridgehead atoms. The average molecular weight is 234 g/mol. The van der Waals surface area contributed by atoms with Gasteiger partial charge in [0.1, 0.15) is 0 Å². The summed E-state index contributed by atoms with van der Waals surface area (Å²) in [6, 6.07) is 0.606. The molecular weight excluding hydrogens is 212 g/mol. The van der Waals surface area contributed by atoms with Crippen LogP contribution in [-0.2, 0) is 4.79 Å². The van der Waals surface area contributed by atoms with Crippen molar-refractivity contribution in [2.75, 3.05) is 6.67 Å². The first-order chi connectivity index (χ1) is 8.15. The summed E-state index contributed by atoms with van der Waals surface area (Å²) in [5, 5.41) is 3.42. The van der Waals surface area contributed by atoms with E-state index in [0.29, 0.717) is 11.9 Å². The molecule has 1 amide bonds. The van der Waals surface area contributed by atoms with Crippen molar-refractivity contribution in [3.8, 4) is 0 Å². The maximum Gasteiger partial charge on any atom is 0.243 e. The van der Waals surface area contributed by atoms with Gasteiger partial charge in [0.15, 0.2) is 0 Å². The van der Waals surface area contributed by atoms with Gasteiger partial charge >= 0.3 is 0 Å². The van der Waals surface area contributed by atoms with Crippen molar-refractivity contribution in [1.82, 2.24) is 10.2 Å². The van der Waals surface area contributed by atoms with E-state index in [1.54, 1.807) is 0 Å². The number of rotatable bonds is 2. The molecule has 1 aliphatic heterocycles. The summed E-state index contributed by atoms with van der Waals surface area (Å²) in [6.07, 6.45) is 5.23. The third kappa shape index (κ3) is 1.14. The van der Waals surface area contributed by atoms with Crippen LogP contribution in [0.5, 0.6) is 0 Å². The van der Waals surface area contributed by atoms with Gasteiger partial charge in [-0.3, -0.25) is 10.1 Å². The van der Waals surface area contributed by atoms with Crippen LogP contribution in [-0.4, -0.2) is 29.1 Å². The van der Waals surface area contributed by atoms with E-state index in [-0.39, 0.29) is 5.54 Å². The summed E-state index contributed by atoms with van der Waals surface area (Å²) in [7, 11) is 0. The maximum atomic E-state index is 12.5. The van der Waals surface area contributed by atoms with Crippen LogP contribution in [0, 0.1) is 23.7 Å². The van der Waals surface area contributed by atoms with E-state index in [2.05, 4.69) is 24.1 Å². The molecule has 5 unspecified atom stereocenters. The molecule has 4 aliphatic rings. The van der Waals surface area contributed by atoms with Gasteiger partial charge in [-0.25, -0.2) is 0 Å². The Kier molecular flexibility index (Phi) is 1.86. The lowest BCUT2D eigenvalue weighted by Crippen LogP contribution is -2.43. The lowest BCUT2D eigenvalue weighted by atomic mass is 9.99. The van der Waals surface area contributed by atoms with Crippen molar-refractivity contribution < 1.29 is 4.79 Å². The smallest absolute Gasteiger partial charge is 0.243 e. The molecule has 0 spiro atoms. The molecule has 5 atom stereocenters. The first-order valence-electron chi connectivity index (χ1n) is 7.22. The molecule has 3 saturated carbocycles. The predicted molar refractivity (Wildman–Crippen MR) is 65.1 cm³/mol. The van der Waals surface area contributed by atoms with E-state index in [9.17, 15) is 4.79 Å². The van der Waals surface area contributed by atoms with Gasteiger partial charge < -0.3 is 4.90 Å². The number of amides is 1. The van der Waals surface area contributed by atoms with E-state index in [0.717, 1.165) is 36.8 Å². The van der Waals surface area contributed by atoms with Crippen molar-refractivity contribution in [1.29, 1.82) is 0 Å². The zero-order valence-electron chi connectivity index (χ0n) is 10.8. The molecule has 4 fully saturated rings. The minimum atomic E-state index is -0.282. The predicted octanol–water partition coefficient (Wildman–Crippen LogP) is 1.59. The number of hydrogen-bond donors (Lipinski definition) is 1. The Morgan fingerprint density at radius 3 is 2.53 bits per heavy atom. The maximum absolute atomic E-state index is 12.5. The third-order valence-electron chi connectivity index (χ3n) is 6.13. The standard InChI is InChI=1S/C14H22N2O/c1-3-14(2)13(17)16(7-15-14)12-10-8-4-5-9(6-8)11(10)12/h8-12,15H,3-7H2,1-2H3. The second kappa shape index (κ2) is 3.05. The molecule has 4 rings (SSSR count). The van der Waals surface area contributed by atoms with E-state index >= 15 is 0 Å². The number of nitrogens with one attached hydrogen (secondary N) is 1. The molecule has 3 aliphatic carbocycles. The molecule has 1 saturated heterocycles. The van der Waals surface area contributed by atoms with Gasteiger partial charge in [0.25, 0.3) is 0 Å². The highest BCUT2D eigenvalue weighted by Crippen LogP contribution is 2.67. The van der Waals surface area contributed by atoms with Crippen LogP contribution < -0.4 is 5.32 Å². The Morgan fingerprint density at radius 2 is 2.00 bits per heavy atom. The summed E-state index contributed by atoms with van der Waals surface area (Å²) < 4.78 is 0. The Morgan fingerprint density at radius 1 is 1.35 bits per heavy atom. The van der Waals surface area contributed by atoms with Crippen molar-refractivity contribution in [3.63, 3.8) is 0 Å². The zero-order chi connectivity index (χ0) is 11.8.